The molecule has 0 spiro atoms. The minimum absolute atomic E-state index is 0.116. The molecule has 0 bridgehead atoms. The molecule has 20 heavy (non-hydrogen) atoms. The van der Waals surface area contributed by atoms with Crippen LogP contribution in [0, 0.1) is 5.82 Å². The van der Waals surface area contributed by atoms with Gasteiger partial charge >= 0.3 is 12.0 Å². The maximum Gasteiger partial charge on any atom is 0.326 e. The van der Waals surface area contributed by atoms with Crippen LogP contribution in [-0.4, -0.2) is 29.1 Å². The quantitative estimate of drug-likeness (QED) is 0.635. The Morgan fingerprint density at radius 2 is 2.05 bits per heavy atom. The van der Waals surface area contributed by atoms with Crippen LogP contribution in [0.25, 0.3) is 0 Å². The highest BCUT2D eigenvalue weighted by Gasteiger charge is 2.22. The molecule has 9 heteroatoms. The van der Waals surface area contributed by atoms with Crippen LogP contribution in [0.15, 0.2) is 22.7 Å². The fourth-order valence-corrected chi connectivity index (χ4v) is 1.66. The normalized spacial score (nSPS) is 11.5. The summed E-state index contributed by atoms with van der Waals surface area (Å²) in [5.41, 5.74) is 4.99. The maximum atomic E-state index is 13.0. The Balaban J connectivity index is 2.72. The molecular weight excluding hydrogens is 337 g/mol. The van der Waals surface area contributed by atoms with E-state index in [0.29, 0.717) is 4.47 Å². The Morgan fingerprint density at radius 1 is 1.40 bits per heavy atom. The third-order valence-corrected chi connectivity index (χ3v) is 2.88. The molecule has 0 radical (unpaired) electrons. The fourth-order valence-electron chi connectivity index (χ4n) is 1.31. The number of rotatable bonds is 5. The van der Waals surface area contributed by atoms with Crippen molar-refractivity contribution >= 4 is 39.5 Å². The third-order valence-electron chi connectivity index (χ3n) is 2.19. The van der Waals surface area contributed by atoms with Crippen molar-refractivity contribution in [2.24, 2.45) is 5.73 Å². The van der Waals surface area contributed by atoms with Gasteiger partial charge in [-0.1, -0.05) is 0 Å². The van der Waals surface area contributed by atoms with Crippen LogP contribution in [0.4, 0.5) is 14.9 Å². The highest BCUT2D eigenvalue weighted by molar-refractivity contribution is 9.10. The zero-order valence-electron chi connectivity index (χ0n) is 10.0. The van der Waals surface area contributed by atoms with Crippen molar-refractivity contribution in [2.45, 2.75) is 12.5 Å². The number of carboxylic acids is 1. The third kappa shape index (κ3) is 4.84. The minimum Gasteiger partial charge on any atom is -0.480 e. The summed E-state index contributed by atoms with van der Waals surface area (Å²) in [6.07, 6.45) is -0.549. The Labute approximate surface area is 121 Å². The second-order valence-electron chi connectivity index (χ2n) is 3.78. The van der Waals surface area contributed by atoms with E-state index in [2.05, 4.69) is 21.2 Å². The van der Waals surface area contributed by atoms with Crippen LogP contribution in [-0.2, 0) is 9.59 Å². The number of nitrogens with two attached hydrogens (primary N) is 1. The minimum atomic E-state index is -1.46. The number of carboxylic acid groups (broad SMARTS) is 1. The average molecular weight is 348 g/mol. The van der Waals surface area contributed by atoms with Gasteiger partial charge in [-0.25, -0.2) is 14.0 Å². The molecule has 0 unspecified atom stereocenters. The van der Waals surface area contributed by atoms with Gasteiger partial charge in [0.15, 0.2) is 0 Å². The summed E-state index contributed by atoms with van der Waals surface area (Å²) < 4.78 is 13.4. The molecule has 0 saturated carbocycles. The number of urea groups is 1. The lowest BCUT2D eigenvalue weighted by Crippen LogP contribution is -2.45. The average Bonchev–Trinajstić information content (AvgIpc) is 2.32. The number of amides is 3. The number of halogens is 2. The summed E-state index contributed by atoms with van der Waals surface area (Å²) in [5, 5.41) is 13.1. The van der Waals surface area contributed by atoms with E-state index in [1.165, 1.54) is 12.1 Å². The summed E-state index contributed by atoms with van der Waals surface area (Å²) in [4.78, 5) is 33.1. The second kappa shape index (κ2) is 6.85. The molecular formula is C11H11BrFN3O4. The zero-order chi connectivity index (χ0) is 15.3. The second-order valence-corrected chi connectivity index (χ2v) is 4.64. The molecule has 7 nitrogen and oxygen atoms in total. The zero-order valence-corrected chi connectivity index (χ0v) is 11.6. The lowest BCUT2D eigenvalue weighted by Gasteiger charge is -2.14. The number of benzene rings is 1. The Morgan fingerprint density at radius 3 is 2.60 bits per heavy atom. The first-order chi connectivity index (χ1) is 9.29. The molecule has 1 aromatic carbocycles. The molecule has 108 valence electrons. The van der Waals surface area contributed by atoms with Gasteiger partial charge in [0.05, 0.1) is 12.1 Å². The number of anilines is 1. The number of hydrogen-bond acceptors (Lipinski definition) is 3. The summed E-state index contributed by atoms with van der Waals surface area (Å²) in [5.74, 6) is -2.85. The molecule has 5 N–H and O–H groups in total. The molecule has 0 aromatic heterocycles. The van der Waals surface area contributed by atoms with E-state index in [1.807, 2.05) is 5.32 Å². The van der Waals surface area contributed by atoms with Gasteiger partial charge in [-0.15, -0.1) is 0 Å². The fraction of sp³-hybridized carbons (Fsp3) is 0.182. The van der Waals surface area contributed by atoms with E-state index in [4.69, 9.17) is 10.8 Å². The first-order valence-corrected chi connectivity index (χ1v) is 6.12. The lowest BCUT2D eigenvalue weighted by molar-refractivity contribution is -0.140. The number of carbonyl (C=O) groups excluding carboxylic acids is 2. The summed E-state index contributed by atoms with van der Waals surface area (Å²) in [6.45, 7) is 0. The van der Waals surface area contributed by atoms with Crippen molar-refractivity contribution < 1.29 is 23.9 Å². The maximum absolute atomic E-state index is 13.0. The molecule has 0 heterocycles. The first-order valence-electron chi connectivity index (χ1n) is 5.33. The smallest absolute Gasteiger partial charge is 0.326 e. The van der Waals surface area contributed by atoms with Crippen LogP contribution in [0.2, 0.25) is 0 Å². The van der Waals surface area contributed by atoms with Crippen LogP contribution in [0.5, 0.6) is 0 Å². The van der Waals surface area contributed by atoms with Gasteiger partial charge in [0.2, 0.25) is 5.91 Å². The predicted molar refractivity (Wildman–Crippen MR) is 71.5 cm³/mol. The number of carbonyl (C=O) groups is 3. The van der Waals surface area contributed by atoms with E-state index >= 15 is 0 Å². The van der Waals surface area contributed by atoms with Gasteiger partial charge in [0.25, 0.3) is 0 Å². The number of nitrogens with one attached hydrogen (secondary N) is 2. The molecule has 0 fully saturated rings. The lowest BCUT2D eigenvalue weighted by atomic mass is 10.2. The topological polar surface area (TPSA) is 122 Å². The highest BCUT2D eigenvalue weighted by Crippen LogP contribution is 2.22. The van der Waals surface area contributed by atoms with E-state index < -0.39 is 36.2 Å². The largest absolute Gasteiger partial charge is 0.480 e. The van der Waals surface area contributed by atoms with Crippen molar-refractivity contribution in [3.63, 3.8) is 0 Å². The van der Waals surface area contributed by atoms with Crippen molar-refractivity contribution in [2.75, 3.05) is 5.32 Å². The SMILES string of the molecule is NC(=O)C[C@H](NC(=O)Nc1cc(F)ccc1Br)C(=O)O. The number of primary amides is 1. The van der Waals surface area contributed by atoms with Gasteiger partial charge < -0.3 is 21.5 Å². The van der Waals surface area contributed by atoms with Gasteiger partial charge in [0, 0.05) is 4.47 Å². The molecule has 1 aromatic rings. The van der Waals surface area contributed by atoms with E-state index in [0.717, 1.165) is 6.07 Å². The molecule has 0 aliphatic carbocycles. The van der Waals surface area contributed by atoms with Crippen LogP contribution in [0.1, 0.15) is 6.42 Å². The van der Waals surface area contributed by atoms with Gasteiger partial charge in [-0.2, -0.15) is 0 Å². The molecule has 1 rings (SSSR count). The van der Waals surface area contributed by atoms with E-state index in [-0.39, 0.29) is 5.69 Å². The molecule has 1 atom stereocenters. The standard InChI is InChI=1S/C11H11BrFN3O4/c12-6-2-1-5(13)3-7(6)15-11(20)16-8(10(18)19)4-9(14)17/h1-3,8H,4H2,(H2,14,17)(H,18,19)(H2,15,16,20)/t8-/m0/s1. The summed E-state index contributed by atoms with van der Waals surface area (Å²) >= 11 is 3.09. The Bertz CT molecular complexity index is 552. The van der Waals surface area contributed by atoms with Crippen molar-refractivity contribution in [1.29, 1.82) is 0 Å². The summed E-state index contributed by atoms with van der Waals surface area (Å²) in [7, 11) is 0. The molecule has 0 aliphatic heterocycles. The van der Waals surface area contributed by atoms with Gasteiger partial charge in [0.1, 0.15) is 11.9 Å². The number of hydrogen-bond donors (Lipinski definition) is 4. The predicted octanol–water partition coefficient (Wildman–Crippen LogP) is 1.04. The van der Waals surface area contributed by atoms with Gasteiger partial charge in [-0.05, 0) is 34.1 Å². The van der Waals surface area contributed by atoms with Gasteiger partial charge in [-0.3, -0.25) is 4.79 Å². The van der Waals surface area contributed by atoms with Crippen molar-refractivity contribution in [1.82, 2.24) is 5.32 Å². The molecule has 0 saturated heterocycles. The Kier molecular flexibility index (Phi) is 5.44. The highest BCUT2D eigenvalue weighted by atomic mass is 79.9. The van der Waals surface area contributed by atoms with E-state index in [9.17, 15) is 18.8 Å². The van der Waals surface area contributed by atoms with Crippen LogP contribution in [0.3, 0.4) is 0 Å². The summed E-state index contributed by atoms with van der Waals surface area (Å²) in [6, 6.07) is 1.25. The molecule has 0 aliphatic rings. The number of aliphatic carboxylic acids is 1. The van der Waals surface area contributed by atoms with E-state index in [1.54, 1.807) is 0 Å². The first kappa shape index (κ1) is 15.9. The van der Waals surface area contributed by atoms with Crippen molar-refractivity contribution in [3.8, 4) is 0 Å². The monoisotopic (exact) mass is 347 g/mol. The van der Waals surface area contributed by atoms with Crippen LogP contribution < -0.4 is 16.4 Å². The Hall–Kier alpha value is -2.16. The van der Waals surface area contributed by atoms with Crippen LogP contribution >= 0.6 is 15.9 Å². The molecule has 3 amide bonds. The van der Waals surface area contributed by atoms with Crippen molar-refractivity contribution in [3.05, 3.63) is 28.5 Å².